The van der Waals surface area contributed by atoms with Gasteiger partial charge in [0.05, 0.1) is 0 Å². The normalized spacial score (nSPS) is 16.2. The summed E-state index contributed by atoms with van der Waals surface area (Å²) in [5.41, 5.74) is 0. The molecule has 1 amide bonds. The van der Waals surface area contributed by atoms with E-state index < -0.39 is 5.91 Å². The van der Waals surface area contributed by atoms with E-state index in [1.54, 1.807) is 0 Å². The van der Waals surface area contributed by atoms with Crippen LogP contribution in [0.25, 0.3) is 0 Å². The number of ketones is 1. The molecule has 1 fully saturated rings. The molecule has 1 saturated carbocycles. The Hall–Kier alpha value is -0.860. The second-order valence-electron chi connectivity index (χ2n) is 3.77. The summed E-state index contributed by atoms with van der Waals surface area (Å²) in [6.07, 6.45) is 2.42. The van der Waals surface area contributed by atoms with E-state index in [4.69, 9.17) is 0 Å². The zero-order chi connectivity index (χ0) is 9.14. The van der Waals surface area contributed by atoms with Gasteiger partial charge in [0.15, 0.2) is 0 Å². The van der Waals surface area contributed by atoms with Crippen LogP contribution >= 0.6 is 0 Å². The number of Topliss-reactive ketones (excluding diaryl/α,β-unsaturated/α-hetero) is 1. The van der Waals surface area contributed by atoms with Crippen LogP contribution in [0.5, 0.6) is 0 Å². The minimum absolute atomic E-state index is 0.266. The van der Waals surface area contributed by atoms with E-state index >= 15 is 0 Å². The monoisotopic (exact) mass is 169 g/mol. The number of nitrogens with one attached hydrogen (secondary N) is 1. The molecule has 0 radical (unpaired) electrons. The molecule has 1 rings (SSSR count). The highest BCUT2D eigenvalue weighted by Crippen LogP contribution is 2.18. The van der Waals surface area contributed by atoms with Gasteiger partial charge in [-0.1, -0.05) is 13.8 Å². The lowest BCUT2D eigenvalue weighted by atomic mass is 10.1. The Kier molecular flexibility index (Phi) is 2.84. The average molecular weight is 169 g/mol. The maximum Gasteiger partial charge on any atom is 0.287 e. The van der Waals surface area contributed by atoms with Crippen LogP contribution in [0.4, 0.5) is 0 Å². The summed E-state index contributed by atoms with van der Waals surface area (Å²) < 4.78 is 0. The molecule has 0 bridgehead atoms. The van der Waals surface area contributed by atoms with Gasteiger partial charge < -0.3 is 5.32 Å². The molecule has 1 aliphatic carbocycles. The molecule has 0 atom stereocenters. The zero-order valence-electron chi connectivity index (χ0n) is 7.59. The molecule has 0 saturated heterocycles. The van der Waals surface area contributed by atoms with Gasteiger partial charge in [0.1, 0.15) is 0 Å². The molecule has 1 N–H and O–H groups in total. The summed E-state index contributed by atoms with van der Waals surface area (Å²) in [7, 11) is 0. The number of carbonyl (C=O) groups excluding carboxylic acids is 2. The van der Waals surface area contributed by atoms with Gasteiger partial charge in [-0.25, -0.2) is 0 Å². The van der Waals surface area contributed by atoms with Gasteiger partial charge in [-0.15, -0.1) is 0 Å². The first-order valence-corrected chi connectivity index (χ1v) is 4.43. The van der Waals surface area contributed by atoms with Crippen LogP contribution in [0.1, 0.15) is 33.1 Å². The van der Waals surface area contributed by atoms with Crippen LogP contribution in [0, 0.1) is 5.92 Å². The Morgan fingerprint density at radius 2 is 2.00 bits per heavy atom. The largest absolute Gasteiger partial charge is 0.347 e. The molecule has 0 aromatic carbocycles. The van der Waals surface area contributed by atoms with E-state index in [1.165, 1.54) is 0 Å². The van der Waals surface area contributed by atoms with Crippen LogP contribution < -0.4 is 5.32 Å². The van der Waals surface area contributed by atoms with E-state index in [9.17, 15) is 9.59 Å². The molecule has 1 aliphatic rings. The Morgan fingerprint density at radius 1 is 1.42 bits per heavy atom. The maximum absolute atomic E-state index is 11.1. The second kappa shape index (κ2) is 3.70. The van der Waals surface area contributed by atoms with Gasteiger partial charge >= 0.3 is 0 Å². The maximum atomic E-state index is 11.1. The van der Waals surface area contributed by atoms with Gasteiger partial charge in [0.2, 0.25) is 5.78 Å². The number of amides is 1. The highest BCUT2D eigenvalue weighted by atomic mass is 16.2. The molecule has 0 aromatic rings. The van der Waals surface area contributed by atoms with Crippen LogP contribution in [-0.2, 0) is 9.59 Å². The fourth-order valence-corrected chi connectivity index (χ4v) is 0.957. The van der Waals surface area contributed by atoms with Crippen molar-refractivity contribution < 1.29 is 9.59 Å². The third-order valence-corrected chi connectivity index (χ3v) is 1.76. The molecule has 3 nitrogen and oxygen atoms in total. The predicted octanol–water partition coefficient (Wildman–Crippen LogP) is 0.880. The van der Waals surface area contributed by atoms with Gasteiger partial charge in [-0.3, -0.25) is 9.59 Å². The van der Waals surface area contributed by atoms with Crippen molar-refractivity contribution in [1.82, 2.24) is 5.32 Å². The summed E-state index contributed by atoms with van der Waals surface area (Å²) in [5.74, 6) is -0.412. The van der Waals surface area contributed by atoms with Crippen molar-refractivity contribution in [2.75, 3.05) is 0 Å². The minimum atomic E-state index is -0.397. The Morgan fingerprint density at radius 3 is 2.42 bits per heavy atom. The standard InChI is InChI=1S/C9H15NO2/c1-6(2)5-8(11)9(12)10-7-3-4-7/h6-7H,3-5H2,1-2H3,(H,10,12). The molecule has 0 spiro atoms. The summed E-state index contributed by atoms with van der Waals surface area (Å²) in [6, 6.07) is 0.286. The highest BCUT2D eigenvalue weighted by molar-refractivity contribution is 6.36. The van der Waals surface area contributed by atoms with Crippen molar-refractivity contribution in [3.8, 4) is 0 Å². The van der Waals surface area contributed by atoms with Crippen LogP contribution in [0.3, 0.4) is 0 Å². The van der Waals surface area contributed by atoms with Crippen LogP contribution in [-0.4, -0.2) is 17.7 Å². The molecular formula is C9H15NO2. The molecule has 68 valence electrons. The number of carbonyl (C=O) groups is 2. The molecule has 0 aromatic heterocycles. The minimum Gasteiger partial charge on any atom is -0.347 e. The summed E-state index contributed by atoms with van der Waals surface area (Å²) in [5, 5.41) is 2.67. The lowest BCUT2D eigenvalue weighted by Crippen LogP contribution is -2.33. The Bertz CT molecular complexity index is 181. The first-order chi connectivity index (χ1) is 5.59. The van der Waals surface area contributed by atoms with E-state index in [0.29, 0.717) is 6.42 Å². The first kappa shape index (κ1) is 9.23. The van der Waals surface area contributed by atoms with Crippen molar-refractivity contribution in [2.24, 2.45) is 5.92 Å². The van der Waals surface area contributed by atoms with Gasteiger partial charge in [-0.05, 0) is 18.8 Å². The third kappa shape index (κ3) is 3.03. The van der Waals surface area contributed by atoms with Gasteiger partial charge in [-0.2, -0.15) is 0 Å². The quantitative estimate of drug-likeness (QED) is 0.635. The number of rotatable bonds is 4. The lowest BCUT2D eigenvalue weighted by Gasteiger charge is -2.03. The van der Waals surface area contributed by atoms with Crippen LogP contribution in [0.2, 0.25) is 0 Å². The summed E-state index contributed by atoms with van der Waals surface area (Å²) in [6.45, 7) is 3.87. The van der Waals surface area contributed by atoms with E-state index in [-0.39, 0.29) is 17.7 Å². The molecular weight excluding hydrogens is 154 g/mol. The molecule has 3 heteroatoms. The van der Waals surface area contributed by atoms with Gasteiger partial charge in [0.25, 0.3) is 5.91 Å². The van der Waals surface area contributed by atoms with Gasteiger partial charge in [0, 0.05) is 12.5 Å². The fourth-order valence-electron chi connectivity index (χ4n) is 0.957. The van der Waals surface area contributed by atoms with Crippen molar-refractivity contribution in [3.63, 3.8) is 0 Å². The molecule has 0 aliphatic heterocycles. The summed E-state index contributed by atoms with van der Waals surface area (Å²) >= 11 is 0. The van der Waals surface area contributed by atoms with E-state index in [2.05, 4.69) is 5.32 Å². The van der Waals surface area contributed by atoms with Crippen molar-refractivity contribution >= 4 is 11.7 Å². The number of hydrogen-bond acceptors (Lipinski definition) is 2. The highest BCUT2D eigenvalue weighted by Gasteiger charge is 2.26. The average Bonchev–Trinajstić information content (AvgIpc) is 2.70. The van der Waals surface area contributed by atoms with E-state index in [0.717, 1.165) is 12.8 Å². The zero-order valence-corrected chi connectivity index (χ0v) is 7.59. The third-order valence-electron chi connectivity index (χ3n) is 1.76. The predicted molar refractivity (Wildman–Crippen MR) is 45.6 cm³/mol. The Balaban J connectivity index is 2.25. The summed E-state index contributed by atoms with van der Waals surface area (Å²) in [4.78, 5) is 22.2. The number of hydrogen-bond donors (Lipinski definition) is 1. The molecule has 0 heterocycles. The lowest BCUT2D eigenvalue weighted by molar-refractivity contribution is -0.138. The van der Waals surface area contributed by atoms with E-state index in [1.807, 2.05) is 13.8 Å². The van der Waals surface area contributed by atoms with Crippen molar-refractivity contribution in [1.29, 1.82) is 0 Å². The second-order valence-corrected chi connectivity index (χ2v) is 3.77. The topological polar surface area (TPSA) is 46.2 Å². The van der Waals surface area contributed by atoms with Crippen molar-refractivity contribution in [2.45, 2.75) is 39.2 Å². The van der Waals surface area contributed by atoms with Crippen molar-refractivity contribution in [3.05, 3.63) is 0 Å². The van der Waals surface area contributed by atoms with Crippen LogP contribution in [0.15, 0.2) is 0 Å². The SMILES string of the molecule is CC(C)CC(=O)C(=O)NC1CC1. The first-order valence-electron chi connectivity index (χ1n) is 4.43. The molecule has 12 heavy (non-hydrogen) atoms. The Labute approximate surface area is 72.5 Å². The molecule has 0 unspecified atom stereocenters. The smallest absolute Gasteiger partial charge is 0.287 e. The fraction of sp³-hybridized carbons (Fsp3) is 0.778.